The van der Waals surface area contributed by atoms with Gasteiger partial charge in [0.15, 0.2) is 5.82 Å². The van der Waals surface area contributed by atoms with Gasteiger partial charge in [0.1, 0.15) is 6.04 Å². The summed E-state index contributed by atoms with van der Waals surface area (Å²) in [6.07, 6.45) is 1.81. The van der Waals surface area contributed by atoms with E-state index in [1.54, 1.807) is 11.3 Å². The van der Waals surface area contributed by atoms with Crippen LogP contribution >= 0.6 is 11.3 Å². The summed E-state index contributed by atoms with van der Waals surface area (Å²) in [7, 11) is 0. The van der Waals surface area contributed by atoms with E-state index in [0.717, 1.165) is 30.1 Å². The zero-order chi connectivity index (χ0) is 14.7. The molecular formula is C14H18N4O2S. The summed E-state index contributed by atoms with van der Waals surface area (Å²) >= 11 is 1.59. The average Bonchev–Trinajstić information content (AvgIpc) is 3.11. The fourth-order valence-electron chi connectivity index (χ4n) is 2.49. The zero-order valence-corrected chi connectivity index (χ0v) is 12.7. The summed E-state index contributed by atoms with van der Waals surface area (Å²) in [5, 5.41) is 8.88. The molecule has 2 aromatic rings. The van der Waals surface area contributed by atoms with Crippen molar-refractivity contribution in [2.24, 2.45) is 0 Å². The van der Waals surface area contributed by atoms with Gasteiger partial charge in [-0.15, -0.1) is 11.3 Å². The molecule has 0 unspecified atom stereocenters. The highest BCUT2D eigenvalue weighted by Gasteiger charge is 2.32. The van der Waals surface area contributed by atoms with Crippen LogP contribution in [0.5, 0.6) is 0 Å². The number of amides is 1. The second kappa shape index (κ2) is 6.36. The first-order valence-corrected chi connectivity index (χ1v) is 8.02. The van der Waals surface area contributed by atoms with Gasteiger partial charge in [-0.2, -0.15) is 4.98 Å². The lowest BCUT2D eigenvalue weighted by Crippen LogP contribution is -2.49. The van der Waals surface area contributed by atoms with Gasteiger partial charge in [0.25, 0.3) is 0 Å². The summed E-state index contributed by atoms with van der Waals surface area (Å²) in [6.45, 7) is 4.01. The molecule has 112 valence electrons. The fourth-order valence-corrected chi connectivity index (χ4v) is 3.35. The molecule has 1 amide bonds. The number of thiophene rings is 1. The number of hydrogen-bond donors (Lipinski definition) is 1. The number of aryl methyl sites for hydroxylation is 1. The van der Waals surface area contributed by atoms with E-state index in [9.17, 15) is 4.79 Å². The van der Waals surface area contributed by atoms with Crippen molar-refractivity contribution in [1.82, 2.24) is 20.4 Å². The standard InChI is InChI=1S/C14H18N4O2S/c1-2-4-11-16-12(20-17-11)9-18-7-6-15-14(19)13(18)10-5-3-8-21-10/h3,5,8,13H,2,4,6-7,9H2,1H3,(H,15,19)/t13-/m1/s1. The Morgan fingerprint density at radius 1 is 1.57 bits per heavy atom. The van der Waals surface area contributed by atoms with Gasteiger partial charge in [0.2, 0.25) is 11.8 Å². The number of hydrogen-bond acceptors (Lipinski definition) is 6. The summed E-state index contributed by atoms with van der Waals surface area (Å²) in [4.78, 5) is 19.7. The highest BCUT2D eigenvalue weighted by atomic mass is 32.1. The Bertz CT molecular complexity index is 596. The van der Waals surface area contributed by atoms with Crippen LogP contribution in [0, 0.1) is 0 Å². The SMILES string of the molecule is CCCc1noc(CN2CCNC(=O)[C@H]2c2cccs2)n1. The number of carbonyl (C=O) groups excluding carboxylic acids is 1. The van der Waals surface area contributed by atoms with E-state index < -0.39 is 0 Å². The van der Waals surface area contributed by atoms with Crippen molar-refractivity contribution in [2.45, 2.75) is 32.4 Å². The number of rotatable bonds is 5. The van der Waals surface area contributed by atoms with Crippen molar-refractivity contribution in [3.63, 3.8) is 0 Å². The van der Waals surface area contributed by atoms with Crippen LogP contribution in [0.2, 0.25) is 0 Å². The van der Waals surface area contributed by atoms with Gasteiger partial charge in [-0.25, -0.2) is 0 Å². The normalized spacial score (nSPS) is 19.7. The van der Waals surface area contributed by atoms with E-state index in [2.05, 4.69) is 27.3 Å². The largest absolute Gasteiger partial charge is 0.353 e. The topological polar surface area (TPSA) is 71.3 Å². The van der Waals surface area contributed by atoms with Crippen LogP contribution in [0.4, 0.5) is 0 Å². The fraction of sp³-hybridized carbons (Fsp3) is 0.500. The Labute approximate surface area is 127 Å². The summed E-state index contributed by atoms with van der Waals surface area (Å²) in [6, 6.07) is 3.69. The number of nitrogens with one attached hydrogen (secondary N) is 1. The van der Waals surface area contributed by atoms with Gasteiger partial charge in [-0.1, -0.05) is 18.1 Å². The first-order chi connectivity index (χ1) is 10.3. The molecule has 0 spiro atoms. The highest BCUT2D eigenvalue weighted by Crippen LogP contribution is 2.28. The van der Waals surface area contributed by atoms with Crippen LogP contribution in [0.3, 0.4) is 0 Å². The third kappa shape index (κ3) is 3.14. The van der Waals surface area contributed by atoms with Crippen LogP contribution in [0.25, 0.3) is 0 Å². The Morgan fingerprint density at radius 2 is 2.48 bits per heavy atom. The predicted octanol–water partition coefficient (Wildman–Crippen LogP) is 1.76. The second-order valence-corrected chi connectivity index (χ2v) is 6.01. The molecule has 0 aromatic carbocycles. The molecule has 2 aromatic heterocycles. The Balaban J connectivity index is 1.76. The zero-order valence-electron chi connectivity index (χ0n) is 11.9. The molecular weight excluding hydrogens is 288 g/mol. The molecule has 1 saturated heterocycles. The van der Waals surface area contributed by atoms with Gasteiger partial charge in [0.05, 0.1) is 6.54 Å². The van der Waals surface area contributed by atoms with Crippen molar-refractivity contribution >= 4 is 17.2 Å². The van der Waals surface area contributed by atoms with E-state index in [0.29, 0.717) is 19.0 Å². The minimum Gasteiger partial charge on any atom is -0.353 e. The van der Waals surface area contributed by atoms with Crippen LogP contribution < -0.4 is 5.32 Å². The molecule has 6 nitrogen and oxygen atoms in total. The molecule has 3 rings (SSSR count). The molecule has 7 heteroatoms. The van der Waals surface area contributed by atoms with Crippen molar-refractivity contribution in [3.8, 4) is 0 Å². The minimum atomic E-state index is -0.264. The number of aromatic nitrogens is 2. The van der Waals surface area contributed by atoms with E-state index in [-0.39, 0.29) is 11.9 Å². The number of carbonyl (C=O) groups is 1. The summed E-state index contributed by atoms with van der Waals surface area (Å²) in [5.41, 5.74) is 0. The number of nitrogens with zero attached hydrogens (tertiary/aromatic N) is 3. The second-order valence-electron chi connectivity index (χ2n) is 5.03. The molecule has 3 heterocycles. The lowest BCUT2D eigenvalue weighted by molar-refractivity contribution is -0.129. The minimum absolute atomic E-state index is 0.0389. The van der Waals surface area contributed by atoms with Crippen LogP contribution in [-0.4, -0.2) is 34.0 Å². The molecule has 0 saturated carbocycles. The maximum absolute atomic E-state index is 12.2. The highest BCUT2D eigenvalue weighted by molar-refractivity contribution is 7.10. The van der Waals surface area contributed by atoms with E-state index >= 15 is 0 Å². The predicted molar refractivity (Wildman–Crippen MR) is 78.8 cm³/mol. The molecule has 1 N–H and O–H groups in total. The Morgan fingerprint density at radius 3 is 3.24 bits per heavy atom. The van der Waals surface area contributed by atoms with Gasteiger partial charge < -0.3 is 9.84 Å². The molecule has 1 fully saturated rings. The van der Waals surface area contributed by atoms with Gasteiger partial charge in [-0.3, -0.25) is 9.69 Å². The quantitative estimate of drug-likeness (QED) is 0.911. The van der Waals surface area contributed by atoms with Crippen molar-refractivity contribution in [1.29, 1.82) is 0 Å². The van der Waals surface area contributed by atoms with E-state index in [4.69, 9.17) is 4.52 Å². The Kier molecular flexibility index (Phi) is 4.31. The lowest BCUT2D eigenvalue weighted by Gasteiger charge is -2.33. The molecule has 1 atom stereocenters. The van der Waals surface area contributed by atoms with Gasteiger partial charge >= 0.3 is 0 Å². The molecule has 21 heavy (non-hydrogen) atoms. The maximum Gasteiger partial charge on any atom is 0.242 e. The van der Waals surface area contributed by atoms with Gasteiger partial charge in [0, 0.05) is 24.4 Å². The van der Waals surface area contributed by atoms with Gasteiger partial charge in [-0.05, 0) is 17.9 Å². The number of piperazine rings is 1. The van der Waals surface area contributed by atoms with E-state index in [1.165, 1.54) is 0 Å². The van der Waals surface area contributed by atoms with Crippen LogP contribution in [0.1, 0.15) is 36.0 Å². The van der Waals surface area contributed by atoms with E-state index in [1.807, 2.05) is 17.5 Å². The molecule has 0 bridgehead atoms. The van der Waals surface area contributed by atoms with Crippen molar-refractivity contribution < 1.29 is 9.32 Å². The third-order valence-corrected chi connectivity index (χ3v) is 4.37. The van der Waals surface area contributed by atoms with Crippen LogP contribution in [0.15, 0.2) is 22.0 Å². The first kappa shape index (κ1) is 14.2. The smallest absolute Gasteiger partial charge is 0.242 e. The lowest BCUT2D eigenvalue weighted by atomic mass is 10.1. The molecule has 1 aliphatic rings. The summed E-state index contributed by atoms with van der Waals surface area (Å²) < 4.78 is 5.29. The van der Waals surface area contributed by atoms with Crippen molar-refractivity contribution in [2.75, 3.05) is 13.1 Å². The molecule has 0 radical (unpaired) electrons. The first-order valence-electron chi connectivity index (χ1n) is 7.14. The summed E-state index contributed by atoms with van der Waals surface area (Å²) in [5.74, 6) is 1.35. The average molecular weight is 306 g/mol. The maximum atomic E-state index is 12.2. The Hall–Kier alpha value is -1.73. The van der Waals surface area contributed by atoms with Crippen LogP contribution in [-0.2, 0) is 17.8 Å². The van der Waals surface area contributed by atoms with Crippen molar-refractivity contribution in [3.05, 3.63) is 34.1 Å². The molecule has 0 aliphatic carbocycles. The molecule has 1 aliphatic heterocycles. The third-order valence-electron chi connectivity index (χ3n) is 3.45. The monoisotopic (exact) mass is 306 g/mol.